The average molecular weight is 366 g/mol. The van der Waals surface area contributed by atoms with E-state index >= 15 is 0 Å². The molecule has 138 valence electrons. The van der Waals surface area contributed by atoms with Crippen molar-refractivity contribution in [1.82, 2.24) is 9.80 Å². The van der Waals surface area contributed by atoms with Crippen LogP contribution in [-0.2, 0) is 19.1 Å². The zero-order valence-electron chi connectivity index (χ0n) is 15.4. The number of aldehydes is 1. The summed E-state index contributed by atoms with van der Waals surface area (Å²) in [6, 6.07) is -0.0245. The molecule has 3 heterocycles. The molecule has 6 nitrogen and oxygen atoms in total. The molecule has 0 aliphatic carbocycles. The number of carbonyl (C=O) groups is 3. The quantitative estimate of drug-likeness (QED) is 0.417. The number of nitrogens with zero attached hydrogens (tertiary/aromatic N) is 2. The molecule has 7 heteroatoms. The van der Waals surface area contributed by atoms with Gasteiger partial charge in [-0.3, -0.25) is 9.69 Å². The summed E-state index contributed by atoms with van der Waals surface area (Å²) >= 11 is 1.65. The Hall–Kier alpha value is -1.34. The third kappa shape index (κ3) is 2.81. The molecule has 0 N–H and O–H groups in total. The molecule has 4 unspecified atom stereocenters. The summed E-state index contributed by atoms with van der Waals surface area (Å²) in [4.78, 5) is 40.8. The number of thioether (sulfide) groups is 1. The number of ether oxygens (including phenoxy) is 1. The molecule has 0 aromatic carbocycles. The zero-order chi connectivity index (χ0) is 18.5. The van der Waals surface area contributed by atoms with Crippen molar-refractivity contribution in [3.8, 4) is 0 Å². The summed E-state index contributed by atoms with van der Waals surface area (Å²) in [7, 11) is 3.30. The number of fused-ring (bicyclic) bond motifs is 1. The van der Waals surface area contributed by atoms with Gasteiger partial charge in [-0.1, -0.05) is 20.8 Å². The summed E-state index contributed by atoms with van der Waals surface area (Å²) in [5.41, 5.74) is 0.420. The van der Waals surface area contributed by atoms with Gasteiger partial charge in [-0.05, 0) is 19.4 Å². The molecule has 25 heavy (non-hydrogen) atoms. The van der Waals surface area contributed by atoms with Gasteiger partial charge in [0.15, 0.2) is 0 Å². The van der Waals surface area contributed by atoms with Gasteiger partial charge in [0, 0.05) is 22.6 Å². The molecule has 0 spiro atoms. The Morgan fingerprint density at radius 2 is 2.08 bits per heavy atom. The Morgan fingerprint density at radius 3 is 2.60 bits per heavy atom. The van der Waals surface area contributed by atoms with E-state index in [1.54, 1.807) is 16.7 Å². The number of likely N-dealkylation sites (tertiary alicyclic amines) is 1. The third-order valence-electron chi connectivity index (χ3n) is 5.70. The SMILES string of the molecule is COC(=O)C1=C(SC2CC(C=O)N(C)C2)[C@H](C)C2C(C(C)C)C(=O)N12. The predicted octanol–water partition coefficient (Wildman–Crippen LogP) is 1.51. The first kappa shape index (κ1) is 18.5. The highest BCUT2D eigenvalue weighted by Gasteiger charge is 2.59. The van der Waals surface area contributed by atoms with Crippen LogP contribution in [0.15, 0.2) is 10.6 Å². The highest BCUT2D eigenvalue weighted by atomic mass is 32.2. The first-order valence-electron chi connectivity index (χ1n) is 8.79. The van der Waals surface area contributed by atoms with Crippen molar-refractivity contribution in [2.75, 3.05) is 20.7 Å². The third-order valence-corrected chi connectivity index (χ3v) is 7.19. The van der Waals surface area contributed by atoms with Crippen molar-refractivity contribution in [2.45, 2.75) is 44.5 Å². The van der Waals surface area contributed by atoms with Crippen molar-refractivity contribution >= 4 is 29.9 Å². The van der Waals surface area contributed by atoms with Crippen molar-refractivity contribution in [3.05, 3.63) is 10.6 Å². The van der Waals surface area contributed by atoms with E-state index in [-0.39, 0.29) is 41.0 Å². The van der Waals surface area contributed by atoms with Crippen LogP contribution >= 0.6 is 11.8 Å². The number of methoxy groups -OCH3 is 1. The lowest BCUT2D eigenvalue weighted by Crippen LogP contribution is -2.62. The number of rotatable bonds is 5. The molecule has 3 rings (SSSR count). The highest BCUT2D eigenvalue weighted by molar-refractivity contribution is 8.03. The minimum atomic E-state index is -0.439. The number of amides is 1. The molecule has 0 bridgehead atoms. The van der Waals surface area contributed by atoms with Gasteiger partial charge < -0.3 is 14.4 Å². The molecule has 0 saturated carbocycles. The maximum Gasteiger partial charge on any atom is 0.355 e. The lowest BCUT2D eigenvalue weighted by Gasteiger charge is -2.47. The number of hydrogen-bond acceptors (Lipinski definition) is 6. The molecule has 2 fully saturated rings. The zero-order valence-corrected chi connectivity index (χ0v) is 16.2. The van der Waals surface area contributed by atoms with Crippen LogP contribution < -0.4 is 0 Å². The summed E-state index contributed by atoms with van der Waals surface area (Å²) in [6.07, 6.45) is 1.75. The first-order chi connectivity index (χ1) is 11.8. The second-order valence-electron chi connectivity index (χ2n) is 7.58. The van der Waals surface area contributed by atoms with Gasteiger partial charge in [0.1, 0.15) is 12.0 Å². The number of carbonyl (C=O) groups excluding carboxylic acids is 3. The van der Waals surface area contributed by atoms with Crippen LogP contribution in [0.5, 0.6) is 0 Å². The van der Waals surface area contributed by atoms with Crippen LogP contribution in [0.25, 0.3) is 0 Å². The van der Waals surface area contributed by atoms with Crippen LogP contribution in [0.1, 0.15) is 27.2 Å². The van der Waals surface area contributed by atoms with Crippen molar-refractivity contribution in [1.29, 1.82) is 0 Å². The van der Waals surface area contributed by atoms with Crippen LogP contribution in [0.2, 0.25) is 0 Å². The van der Waals surface area contributed by atoms with Crippen molar-refractivity contribution in [2.24, 2.45) is 17.8 Å². The lowest BCUT2D eigenvalue weighted by molar-refractivity contribution is -0.160. The van der Waals surface area contributed by atoms with Gasteiger partial charge in [-0.25, -0.2) is 4.79 Å². The maximum absolute atomic E-state index is 12.6. The fraction of sp³-hybridized carbons (Fsp3) is 0.722. The van der Waals surface area contributed by atoms with E-state index in [0.29, 0.717) is 5.70 Å². The average Bonchev–Trinajstić information content (AvgIpc) is 3.03. The van der Waals surface area contributed by atoms with E-state index in [0.717, 1.165) is 24.2 Å². The molecule has 0 aromatic rings. The molecule has 5 atom stereocenters. The Balaban J connectivity index is 1.88. The van der Waals surface area contributed by atoms with Gasteiger partial charge in [-0.15, -0.1) is 11.8 Å². The van der Waals surface area contributed by atoms with E-state index in [1.807, 2.05) is 11.9 Å². The molecular weight excluding hydrogens is 340 g/mol. The monoisotopic (exact) mass is 366 g/mol. The van der Waals surface area contributed by atoms with Gasteiger partial charge in [0.25, 0.3) is 0 Å². The van der Waals surface area contributed by atoms with Crippen LogP contribution in [-0.4, -0.2) is 66.0 Å². The largest absolute Gasteiger partial charge is 0.464 e. The topological polar surface area (TPSA) is 66.9 Å². The Morgan fingerprint density at radius 1 is 1.40 bits per heavy atom. The number of β-lactam (4-membered cyclic amide) rings is 1. The second kappa shape index (κ2) is 6.76. The summed E-state index contributed by atoms with van der Waals surface area (Å²) in [5.74, 6) is -0.0918. The maximum atomic E-state index is 12.6. The smallest absolute Gasteiger partial charge is 0.355 e. The van der Waals surface area contributed by atoms with Gasteiger partial charge in [0.2, 0.25) is 5.91 Å². The summed E-state index contributed by atoms with van der Waals surface area (Å²) in [6.45, 7) is 6.99. The van der Waals surface area contributed by atoms with Crippen molar-refractivity contribution in [3.63, 3.8) is 0 Å². The fourth-order valence-electron chi connectivity index (χ4n) is 4.36. The number of likely N-dealkylation sites (N-methyl/N-ethyl adjacent to an activating group) is 1. The van der Waals surface area contributed by atoms with Gasteiger partial charge >= 0.3 is 5.97 Å². The number of hydrogen-bond donors (Lipinski definition) is 0. The van der Waals surface area contributed by atoms with Crippen LogP contribution in [0, 0.1) is 17.8 Å². The van der Waals surface area contributed by atoms with Crippen LogP contribution in [0.3, 0.4) is 0 Å². The van der Waals surface area contributed by atoms with E-state index in [2.05, 4.69) is 20.8 Å². The molecule has 3 aliphatic heterocycles. The minimum absolute atomic E-state index is 0.0251. The van der Waals surface area contributed by atoms with E-state index in [9.17, 15) is 14.4 Å². The van der Waals surface area contributed by atoms with E-state index < -0.39 is 5.97 Å². The molecule has 3 aliphatic rings. The van der Waals surface area contributed by atoms with Gasteiger partial charge in [-0.2, -0.15) is 0 Å². The Labute approximate surface area is 152 Å². The predicted molar refractivity (Wildman–Crippen MR) is 95.6 cm³/mol. The summed E-state index contributed by atoms with van der Waals surface area (Å²) < 4.78 is 4.97. The lowest BCUT2D eigenvalue weighted by atomic mass is 9.75. The molecule has 0 aromatic heterocycles. The first-order valence-corrected chi connectivity index (χ1v) is 9.67. The fourth-order valence-corrected chi connectivity index (χ4v) is 5.97. The Kier molecular flexibility index (Phi) is 4.99. The molecule has 2 saturated heterocycles. The second-order valence-corrected chi connectivity index (χ2v) is 8.92. The molecule has 0 radical (unpaired) electrons. The van der Waals surface area contributed by atoms with Crippen molar-refractivity contribution < 1.29 is 19.1 Å². The van der Waals surface area contributed by atoms with E-state index in [1.165, 1.54) is 7.11 Å². The number of esters is 1. The summed E-state index contributed by atoms with van der Waals surface area (Å²) in [5, 5.41) is 0.239. The van der Waals surface area contributed by atoms with E-state index in [4.69, 9.17) is 4.74 Å². The van der Waals surface area contributed by atoms with Gasteiger partial charge in [0.05, 0.1) is 25.1 Å². The Bertz CT molecular complexity index is 633. The normalized spacial score (nSPS) is 35.2. The standard InChI is InChI=1S/C18H26N2O4S/c1-9(2)13-14-10(3)16(15(18(23)24-5)20(14)17(13)22)25-12-6-11(8-21)19(4)7-12/h8-14H,6-7H2,1-5H3/t10-,11?,12?,13?,14?/m1/s1. The molecular formula is C18H26N2O4S. The highest BCUT2D eigenvalue weighted by Crippen LogP contribution is 2.53. The van der Waals surface area contributed by atoms with Crippen LogP contribution in [0.4, 0.5) is 0 Å². The molecule has 1 amide bonds. The minimum Gasteiger partial charge on any atom is -0.464 e.